The molecule has 0 radical (unpaired) electrons. The lowest BCUT2D eigenvalue weighted by molar-refractivity contribution is -0.384. The topological polar surface area (TPSA) is 93.8 Å². The molecule has 0 aliphatic heterocycles. The SMILES string of the molecule is CC(=NNC(=O)COc1ccccc1Cl)c1cccc([N+](=O)[O-])c1. The van der Waals surface area contributed by atoms with Gasteiger partial charge in [0.1, 0.15) is 5.75 Å². The number of amides is 1. The molecule has 0 saturated heterocycles. The first-order valence-electron chi connectivity index (χ1n) is 6.92. The molecule has 2 aromatic carbocycles. The number of carbonyl (C=O) groups is 1. The van der Waals surface area contributed by atoms with E-state index in [2.05, 4.69) is 10.5 Å². The van der Waals surface area contributed by atoms with Crippen LogP contribution in [0.2, 0.25) is 5.02 Å². The highest BCUT2D eigenvalue weighted by atomic mass is 35.5. The molecular formula is C16H14ClN3O4. The van der Waals surface area contributed by atoms with Crippen LogP contribution in [0.15, 0.2) is 53.6 Å². The first kappa shape index (κ1) is 17.4. The summed E-state index contributed by atoms with van der Waals surface area (Å²) in [4.78, 5) is 22.0. The Hall–Kier alpha value is -2.93. The molecule has 0 unspecified atom stereocenters. The number of para-hydroxylation sites is 1. The van der Waals surface area contributed by atoms with Crippen LogP contribution in [0.25, 0.3) is 0 Å². The highest BCUT2D eigenvalue weighted by Gasteiger charge is 2.08. The standard InChI is InChI=1S/C16H14ClN3O4/c1-11(12-5-4-6-13(9-12)20(22)23)18-19-16(21)10-24-15-8-3-2-7-14(15)17/h2-9H,10H2,1H3,(H,19,21). The van der Waals surface area contributed by atoms with Gasteiger partial charge in [0.15, 0.2) is 6.61 Å². The first-order valence-corrected chi connectivity index (χ1v) is 7.30. The van der Waals surface area contributed by atoms with Gasteiger partial charge in [-0.2, -0.15) is 5.10 Å². The van der Waals surface area contributed by atoms with Crippen molar-refractivity contribution in [3.63, 3.8) is 0 Å². The monoisotopic (exact) mass is 347 g/mol. The molecule has 1 N–H and O–H groups in total. The maximum Gasteiger partial charge on any atom is 0.277 e. The third-order valence-electron chi connectivity index (χ3n) is 3.02. The molecule has 0 heterocycles. The molecule has 0 bridgehead atoms. The van der Waals surface area contributed by atoms with E-state index in [0.29, 0.717) is 22.0 Å². The van der Waals surface area contributed by atoms with Crippen molar-refractivity contribution >= 4 is 28.9 Å². The number of halogens is 1. The highest BCUT2D eigenvalue weighted by molar-refractivity contribution is 6.32. The smallest absolute Gasteiger partial charge is 0.277 e. The van der Waals surface area contributed by atoms with Crippen LogP contribution in [0.4, 0.5) is 5.69 Å². The van der Waals surface area contributed by atoms with Gasteiger partial charge in [-0.3, -0.25) is 14.9 Å². The second-order valence-corrected chi connectivity index (χ2v) is 5.17. The van der Waals surface area contributed by atoms with Crippen LogP contribution in [0.5, 0.6) is 5.75 Å². The fraction of sp³-hybridized carbons (Fsp3) is 0.125. The lowest BCUT2D eigenvalue weighted by Crippen LogP contribution is -2.25. The Labute approximate surface area is 143 Å². The average molecular weight is 348 g/mol. The van der Waals surface area contributed by atoms with Crippen molar-refractivity contribution in [3.05, 3.63) is 69.2 Å². The molecule has 0 atom stereocenters. The zero-order valence-corrected chi connectivity index (χ0v) is 13.5. The number of rotatable bonds is 6. The number of nitro benzene ring substituents is 1. The predicted octanol–water partition coefficient (Wildman–Crippen LogP) is 3.17. The lowest BCUT2D eigenvalue weighted by atomic mass is 10.1. The Morgan fingerprint density at radius 1 is 1.29 bits per heavy atom. The highest BCUT2D eigenvalue weighted by Crippen LogP contribution is 2.22. The van der Waals surface area contributed by atoms with E-state index in [9.17, 15) is 14.9 Å². The third kappa shape index (κ3) is 4.79. The molecule has 124 valence electrons. The number of hydrazone groups is 1. The van der Waals surface area contributed by atoms with Crippen molar-refractivity contribution in [2.75, 3.05) is 6.61 Å². The molecule has 0 aliphatic carbocycles. The van der Waals surface area contributed by atoms with Gasteiger partial charge in [0, 0.05) is 17.7 Å². The molecule has 2 rings (SSSR count). The zero-order valence-electron chi connectivity index (χ0n) is 12.7. The third-order valence-corrected chi connectivity index (χ3v) is 3.33. The Balaban J connectivity index is 1.94. The minimum Gasteiger partial charge on any atom is -0.482 e. The number of carbonyl (C=O) groups excluding carboxylic acids is 1. The number of nitrogens with one attached hydrogen (secondary N) is 1. The molecule has 2 aromatic rings. The van der Waals surface area contributed by atoms with E-state index in [1.807, 2.05) is 0 Å². The van der Waals surface area contributed by atoms with E-state index in [0.717, 1.165) is 0 Å². The lowest BCUT2D eigenvalue weighted by Gasteiger charge is -2.07. The van der Waals surface area contributed by atoms with E-state index in [4.69, 9.17) is 16.3 Å². The van der Waals surface area contributed by atoms with E-state index in [-0.39, 0.29) is 12.3 Å². The van der Waals surface area contributed by atoms with Gasteiger partial charge in [0.25, 0.3) is 11.6 Å². The molecule has 0 spiro atoms. The van der Waals surface area contributed by atoms with Crippen LogP contribution >= 0.6 is 11.6 Å². The van der Waals surface area contributed by atoms with Crippen molar-refractivity contribution < 1.29 is 14.5 Å². The number of nitrogens with zero attached hydrogens (tertiary/aromatic N) is 2. The number of hydrogen-bond acceptors (Lipinski definition) is 5. The summed E-state index contributed by atoms with van der Waals surface area (Å²) in [6.07, 6.45) is 0. The van der Waals surface area contributed by atoms with E-state index >= 15 is 0 Å². The predicted molar refractivity (Wildman–Crippen MR) is 90.4 cm³/mol. The van der Waals surface area contributed by atoms with Gasteiger partial charge in [-0.25, -0.2) is 5.43 Å². The number of ether oxygens (including phenoxy) is 1. The molecule has 24 heavy (non-hydrogen) atoms. The molecule has 0 aromatic heterocycles. The first-order chi connectivity index (χ1) is 11.5. The minimum atomic E-state index is -0.493. The van der Waals surface area contributed by atoms with Crippen LogP contribution in [0.3, 0.4) is 0 Å². The maximum absolute atomic E-state index is 11.7. The summed E-state index contributed by atoms with van der Waals surface area (Å²) in [5.74, 6) is -0.0756. The Morgan fingerprint density at radius 3 is 2.75 bits per heavy atom. The summed E-state index contributed by atoms with van der Waals surface area (Å²) in [6.45, 7) is 1.38. The van der Waals surface area contributed by atoms with Crippen LogP contribution in [-0.2, 0) is 4.79 Å². The van der Waals surface area contributed by atoms with Gasteiger partial charge >= 0.3 is 0 Å². The van der Waals surface area contributed by atoms with Gasteiger partial charge in [-0.05, 0) is 19.1 Å². The molecule has 1 amide bonds. The number of nitro groups is 1. The van der Waals surface area contributed by atoms with Crippen molar-refractivity contribution in [1.82, 2.24) is 5.43 Å². The fourth-order valence-electron chi connectivity index (χ4n) is 1.79. The second-order valence-electron chi connectivity index (χ2n) is 4.76. The van der Waals surface area contributed by atoms with E-state index in [1.165, 1.54) is 12.1 Å². The van der Waals surface area contributed by atoms with Gasteiger partial charge < -0.3 is 4.74 Å². The molecule has 8 heteroatoms. The molecule has 0 saturated carbocycles. The van der Waals surface area contributed by atoms with Crippen LogP contribution in [0, 0.1) is 10.1 Å². The Kier molecular flexibility index (Phi) is 5.86. The Morgan fingerprint density at radius 2 is 2.04 bits per heavy atom. The fourth-order valence-corrected chi connectivity index (χ4v) is 1.98. The summed E-state index contributed by atoms with van der Waals surface area (Å²) < 4.78 is 5.28. The van der Waals surface area contributed by atoms with Gasteiger partial charge in [0.05, 0.1) is 15.7 Å². The minimum absolute atomic E-state index is 0.0459. The summed E-state index contributed by atoms with van der Waals surface area (Å²) in [6, 6.07) is 12.8. The van der Waals surface area contributed by atoms with Gasteiger partial charge in [-0.15, -0.1) is 0 Å². The number of hydrogen-bond donors (Lipinski definition) is 1. The molecule has 7 nitrogen and oxygen atoms in total. The van der Waals surface area contributed by atoms with Crippen LogP contribution in [0.1, 0.15) is 12.5 Å². The second kappa shape index (κ2) is 8.07. The summed E-state index contributed by atoms with van der Waals surface area (Å²) in [7, 11) is 0. The van der Waals surface area contributed by atoms with Gasteiger partial charge in [-0.1, -0.05) is 35.9 Å². The van der Waals surface area contributed by atoms with Crippen LogP contribution in [-0.4, -0.2) is 23.1 Å². The largest absolute Gasteiger partial charge is 0.482 e. The normalized spacial score (nSPS) is 11.0. The van der Waals surface area contributed by atoms with Crippen molar-refractivity contribution in [1.29, 1.82) is 0 Å². The molecular weight excluding hydrogens is 334 g/mol. The van der Waals surface area contributed by atoms with Gasteiger partial charge in [0.2, 0.25) is 0 Å². The molecule has 0 aliphatic rings. The number of non-ortho nitro benzene ring substituents is 1. The summed E-state index contributed by atoms with van der Waals surface area (Å²) in [5.41, 5.74) is 3.26. The van der Waals surface area contributed by atoms with Crippen molar-refractivity contribution in [3.8, 4) is 5.75 Å². The van der Waals surface area contributed by atoms with Crippen molar-refractivity contribution in [2.24, 2.45) is 5.10 Å². The zero-order chi connectivity index (χ0) is 17.5. The average Bonchev–Trinajstić information content (AvgIpc) is 2.59. The summed E-state index contributed by atoms with van der Waals surface area (Å²) >= 11 is 5.92. The molecule has 0 fully saturated rings. The maximum atomic E-state index is 11.7. The Bertz CT molecular complexity index is 792. The van der Waals surface area contributed by atoms with Crippen molar-refractivity contribution in [2.45, 2.75) is 6.92 Å². The van der Waals surface area contributed by atoms with E-state index in [1.54, 1.807) is 43.3 Å². The summed E-state index contributed by atoms with van der Waals surface area (Å²) in [5, 5.41) is 15.1. The van der Waals surface area contributed by atoms with E-state index < -0.39 is 10.8 Å². The van der Waals surface area contributed by atoms with Crippen LogP contribution < -0.4 is 10.2 Å². The quantitative estimate of drug-likeness (QED) is 0.493. The number of benzene rings is 2.